The first-order valence-corrected chi connectivity index (χ1v) is 5.71. The van der Waals surface area contributed by atoms with Crippen molar-refractivity contribution in [3.8, 4) is 0 Å². The number of thiazole rings is 1. The van der Waals surface area contributed by atoms with Gasteiger partial charge in [-0.2, -0.15) is 0 Å². The summed E-state index contributed by atoms with van der Waals surface area (Å²) in [5.74, 6) is 0.887. The third-order valence-electron chi connectivity index (χ3n) is 2.27. The Balaban J connectivity index is 1.89. The second-order valence-electron chi connectivity index (χ2n) is 3.39. The highest BCUT2D eigenvalue weighted by Crippen LogP contribution is 2.11. The highest BCUT2D eigenvalue weighted by atomic mass is 32.1. The van der Waals surface area contributed by atoms with Crippen LogP contribution in [0.25, 0.3) is 0 Å². The Kier molecular flexibility index (Phi) is 3.13. The summed E-state index contributed by atoms with van der Waals surface area (Å²) in [6, 6.07) is 0. The maximum atomic E-state index is 5.08. The van der Waals surface area contributed by atoms with Crippen LogP contribution in [-0.2, 0) is 13.1 Å². The Bertz CT molecular complexity index is 402. The minimum Gasteiger partial charge on any atom is -0.361 e. The van der Waals surface area contributed by atoms with Gasteiger partial charge in [0.25, 0.3) is 0 Å². The topological polar surface area (TPSA) is 51.0 Å². The number of rotatable bonds is 4. The van der Waals surface area contributed by atoms with Crippen LogP contribution in [-0.4, -0.2) is 10.1 Å². The van der Waals surface area contributed by atoms with Gasteiger partial charge in [-0.1, -0.05) is 5.16 Å². The van der Waals surface area contributed by atoms with Gasteiger partial charge >= 0.3 is 0 Å². The first-order valence-electron chi connectivity index (χ1n) is 4.77. The van der Waals surface area contributed by atoms with Gasteiger partial charge in [0, 0.05) is 24.0 Å². The molecule has 0 saturated heterocycles. The van der Waals surface area contributed by atoms with E-state index in [2.05, 4.69) is 15.5 Å². The molecule has 80 valence electrons. The highest BCUT2D eigenvalue weighted by molar-refractivity contribution is 7.07. The molecule has 0 aromatic carbocycles. The molecule has 2 heterocycles. The second-order valence-corrected chi connectivity index (χ2v) is 4.10. The first-order chi connectivity index (χ1) is 7.27. The molecule has 0 amide bonds. The Labute approximate surface area is 92.3 Å². The van der Waals surface area contributed by atoms with Gasteiger partial charge < -0.3 is 9.84 Å². The average molecular weight is 223 g/mol. The Morgan fingerprint density at radius 3 is 2.87 bits per heavy atom. The van der Waals surface area contributed by atoms with E-state index in [9.17, 15) is 0 Å². The lowest BCUT2D eigenvalue weighted by Crippen LogP contribution is -2.13. The lowest BCUT2D eigenvalue weighted by atomic mass is 10.2. The summed E-state index contributed by atoms with van der Waals surface area (Å²) in [7, 11) is 0. The number of nitrogens with one attached hydrogen (secondary N) is 1. The third kappa shape index (κ3) is 2.43. The average Bonchev–Trinajstić information content (AvgIpc) is 2.82. The van der Waals surface area contributed by atoms with E-state index in [1.165, 1.54) is 0 Å². The zero-order valence-electron chi connectivity index (χ0n) is 8.78. The summed E-state index contributed by atoms with van der Waals surface area (Å²) in [5.41, 5.74) is 5.02. The Hall–Kier alpha value is -1.20. The summed E-state index contributed by atoms with van der Waals surface area (Å²) in [6.45, 7) is 5.45. The van der Waals surface area contributed by atoms with Crippen LogP contribution in [0, 0.1) is 13.8 Å². The molecular weight excluding hydrogens is 210 g/mol. The maximum absolute atomic E-state index is 5.08. The zero-order chi connectivity index (χ0) is 10.7. The van der Waals surface area contributed by atoms with E-state index in [0.717, 1.165) is 35.8 Å². The second kappa shape index (κ2) is 4.55. The van der Waals surface area contributed by atoms with Crippen LogP contribution in [0.4, 0.5) is 0 Å². The number of hydrogen-bond acceptors (Lipinski definition) is 5. The summed E-state index contributed by atoms with van der Waals surface area (Å²) in [4.78, 5) is 4.20. The Morgan fingerprint density at radius 1 is 1.40 bits per heavy atom. The maximum Gasteiger partial charge on any atom is 0.138 e. The molecule has 0 aliphatic carbocycles. The molecule has 1 N–H and O–H groups in total. The first kappa shape index (κ1) is 10.3. The van der Waals surface area contributed by atoms with Crippen LogP contribution >= 0.6 is 11.3 Å². The number of aromatic nitrogens is 2. The lowest BCUT2D eigenvalue weighted by molar-refractivity contribution is 0.392. The molecule has 15 heavy (non-hydrogen) atoms. The largest absolute Gasteiger partial charge is 0.361 e. The molecule has 0 atom stereocenters. The van der Waals surface area contributed by atoms with Crippen LogP contribution < -0.4 is 5.32 Å². The van der Waals surface area contributed by atoms with Crippen molar-refractivity contribution in [2.24, 2.45) is 0 Å². The molecule has 0 fully saturated rings. The third-order valence-corrected chi connectivity index (χ3v) is 2.91. The van der Waals surface area contributed by atoms with E-state index >= 15 is 0 Å². The summed E-state index contributed by atoms with van der Waals surface area (Å²) in [5, 5.41) is 9.26. The SMILES string of the molecule is Cc1noc(C)c1CNCc1cscn1. The van der Waals surface area contributed by atoms with Crippen molar-refractivity contribution in [1.29, 1.82) is 0 Å². The van der Waals surface area contributed by atoms with Crippen molar-refractivity contribution in [3.05, 3.63) is 33.6 Å². The van der Waals surface area contributed by atoms with Crippen LogP contribution in [0.5, 0.6) is 0 Å². The number of hydrogen-bond donors (Lipinski definition) is 1. The molecule has 0 radical (unpaired) electrons. The van der Waals surface area contributed by atoms with Crippen LogP contribution in [0.3, 0.4) is 0 Å². The molecule has 2 aromatic rings. The van der Waals surface area contributed by atoms with E-state index in [1.54, 1.807) is 11.3 Å². The van der Waals surface area contributed by atoms with Gasteiger partial charge in [-0.05, 0) is 13.8 Å². The smallest absolute Gasteiger partial charge is 0.138 e. The highest BCUT2D eigenvalue weighted by Gasteiger charge is 2.07. The van der Waals surface area contributed by atoms with Gasteiger partial charge in [-0.3, -0.25) is 0 Å². The van der Waals surface area contributed by atoms with Crippen LogP contribution in [0.1, 0.15) is 22.7 Å². The van der Waals surface area contributed by atoms with Gasteiger partial charge in [-0.25, -0.2) is 4.98 Å². The molecule has 0 aliphatic rings. The van der Waals surface area contributed by atoms with E-state index < -0.39 is 0 Å². The van der Waals surface area contributed by atoms with Crippen molar-refractivity contribution in [2.45, 2.75) is 26.9 Å². The minimum absolute atomic E-state index is 0.776. The predicted octanol–water partition coefficient (Wildman–Crippen LogP) is 2.04. The summed E-state index contributed by atoms with van der Waals surface area (Å²) in [6.07, 6.45) is 0. The molecule has 5 heteroatoms. The molecular formula is C10H13N3OS. The minimum atomic E-state index is 0.776. The molecule has 2 rings (SSSR count). The van der Waals surface area contributed by atoms with Gasteiger partial charge in [0.2, 0.25) is 0 Å². The van der Waals surface area contributed by atoms with E-state index in [4.69, 9.17) is 4.52 Å². The normalized spacial score (nSPS) is 10.8. The van der Waals surface area contributed by atoms with Crippen molar-refractivity contribution in [1.82, 2.24) is 15.5 Å². The van der Waals surface area contributed by atoms with Gasteiger partial charge in [0.1, 0.15) is 5.76 Å². The monoisotopic (exact) mass is 223 g/mol. The van der Waals surface area contributed by atoms with Gasteiger partial charge in [0.05, 0.1) is 16.9 Å². The molecule has 0 aliphatic heterocycles. The Morgan fingerprint density at radius 2 is 2.27 bits per heavy atom. The summed E-state index contributed by atoms with van der Waals surface area (Å²) >= 11 is 1.61. The van der Waals surface area contributed by atoms with Crippen molar-refractivity contribution < 1.29 is 4.52 Å². The summed E-state index contributed by atoms with van der Waals surface area (Å²) < 4.78 is 5.08. The fourth-order valence-electron chi connectivity index (χ4n) is 1.39. The van der Waals surface area contributed by atoms with E-state index in [1.807, 2.05) is 24.7 Å². The number of aryl methyl sites for hydroxylation is 2. The molecule has 0 saturated carbocycles. The molecule has 0 unspecified atom stereocenters. The zero-order valence-corrected chi connectivity index (χ0v) is 9.60. The van der Waals surface area contributed by atoms with Crippen LogP contribution in [0.15, 0.2) is 15.4 Å². The molecule has 0 spiro atoms. The molecule has 0 bridgehead atoms. The van der Waals surface area contributed by atoms with Crippen molar-refractivity contribution in [2.75, 3.05) is 0 Å². The van der Waals surface area contributed by atoms with E-state index in [0.29, 0.717) is 0 Å². The van der Waals surface area contributed by atoms with Crippen molar-refractivity contribution >= 4 is 11.3 Å². The lowest BCUT2D eigenvalue weighted by Gasteiger charge is -2.01. The van der Waals surface area contributed by atoms with Gasteiger partial charge in [0.15, 0.2) is 0 Å². The molecule has 4 nitrogen and oxygen atoms in total. The predicted molar refractivity (Wildman–Crippen MR) is 58.6 cm³/mol. The fourth-order valence-corrected chi connectivity index (χ4v) is 1.95. The van der Waals surface area contributed by atoms with Crippen molar-refractivity contribution in [3.63, 3.8) is 0 Å². The van der Waals surface area contributed by atoms with Gasteiger partial charge in [-0.15, -0.1) is 11.3 Å². The van der Waals surface area contributed by atoms with E-state index in [-0.39, 0.29) is 0 Å². The standard InChI is InChI=1S/C10H13N3OS/c1-7-10(8(2)14-13-7)4-11-3-9-5-15-6-12-9/h5-6,11H,3-4H2,1-2H3. The fraction of sp³-hybridized carbons (Fsp3) is 0.400. The number of nitrogens with zero attached hydrogens (tertiary/aromatic N) is 2. The van der Waals surface area contributed by atoms with Crippen LogP contribution in [0.2, 0.25) is 0 Å². The quantitative estimate of drug-likeness (QED) is 0.861. The molecule has 2 aromatic heterocycles.